The van der Waals surface area contributed by atoms with E-state index < -0.39 is 60.2 Å². The number of fused-ring (bicyclic) bond motifs is 5. The van der Waals surface area contributed by atoms with Crippen LogP contribution >= 0.6 is 0 Å². The van der Waals surface area contributed by atoms with Crippen LogP contribution in [0.3, 0.4) is 0 Å². The fourth-order valence-electron chi connectivity index (χ4n) is 16.4. The molecular weight excluding hydrogens is 997 g/mol. The van der Waals surface area contributed by atoms with E-state index in [-0.39, 0.29) is 70.8 Å². The number of carbonyl (C=O) groups excluding carboxylic acids is 1. The molecule has 17 nitrogen and oxygen atoms in total. The summed E-state index contributed by atoms with van der Waals surface area (Å²) in [4.78, 5) is 45.8. The second kappa shape index (κ2) is 19.4. The van der Waals surface area contributed by atoms with Crippen LogP contribution in [0.2, 0.25) is 0 Å². The molecule has 10 N–H and O–H groups in total. The Morgan fingerprint density at radius 1 is 0.923 bits per heavy atom. The van der Waals surface area contributed by atoms with Gasteiger partial charge in [-0.15, -0.1) is 5.92 Å². The highest BCUT2D eigenvalue weighted by Gasteiger charge is 2.67. The lowest BCUT2D eigenvalue weighted by molar-refractivity contribution is -0.397. The molecule has 4 aliphatic heterocycles. The molecule has 2 spiro atoms. The first-order chi connectivity index (χ1) is 37.7. The number of piperidine rings is 1. The van der Waals surface area contributed by atoms with Gasteiger partial charge in [0.05, 0.1) is 22.9 Å². The van der Waals surface area contributed by atoms with Crippen LogP contribution in [-0.4, -0.2) is 119 Å². The van der Waals surface area contributed by atoms with E-state index in [4.69, 9.17) is 18.9 Å². The van der Waals surface area contributed by atoms with E-state index in [1.807, 2.05) is 24.5 Å². The summed E-state index contributed by atoms with van der Waals surface area (Å²) in [5.74, 6) is 7.63. The number of carbonyl (C=O) groups is 1. The van der Waals surface area contributed by atoms with Gasteiger partial charge in [0.1, 0.15) is 58.6 Å². The molecule has 1 amide bonds. The largest absolute Gasteiger partial charge is 0.508 e. The lowest BCUT2D eigenvalue weighted by Gasteiger charge is -2.63. The number of ether oxygens (including phenoxy) is 1. The number of nitrogens with zero attached hydrogens (tertiary/aromatic N) is 1. The average Bonchev–Trinajstić information content (AvgIpc) is 3.83. The molecule has 3 aromatic heterocycles. The van der Waals surface area contributed by atoms with E-state index in [9.17, 15) is 45.3 Å². The lowest BCUT2D eigenvalue weighted by atomic mass is 9.47. The smallest absolute Gasteiger partial charge is 0.226 e. The highest BCUT2D eigenvalue weighted by molar-refractivity contribution is 5.93. The third kappa shape index (κ3) is 7.95. The van der Waals surface area contributed by atoms with Gasteiger partial charge in [-0.05, 0) is 135 Å². The van der Waals surface area contributed by atoms with E-state index in [2.05, 4.69) is 38.9 Å². The van der Waals surface area contributed by atoms with Gasteiger partial charge in [-0.25, -0.2) is 9.78 Å². The number of aromatic hydroxyl groups is 2. The van der Waals surface area contributed by atoms with Gasteiger partial charge in [-0.3, -0.25) is 9.59 Å². The van der Waals surface area contributed by atoms with Crippen molar-refractivity contribution in [2.45, 2.75) is 145 Å². The summed E-state index contributed by atoms with van der Waals surface area (Å²) in [7, 11) is 0. The quantitative estimate of drug-likeness (QED) is 0.0588. The van der Waals surface area contributed by atoms with Crippen LogP contribution < -0.4 is 20.8 Å². The van der Waals surface area contributed by atoms with Crippen molar-refractivity contribution in [1.29, 1.82) is 0 Å². The van der Waals surface area contributed by atoms with E-state index in [0.29, 0.717) is 82.4 Å². The molecule has 7 heterocycles. The Kier molecular flexibility index (Phi) is 12.8. The number of amides is 1. The average molecular weight is 1070 g/mol. The van der Waals surface area contributed by atoms with Crippen LogP contribution in [0.1, 0.15) is 93.7 Å². The molecule has 17 heteroatoms. The highest BCUT2D eigenvalue weighted by atomic mass is 17.2. The predicted octanol–water partition coefficient (Wildman–Crippen LogP) is 5.65. The van der Waals surface area contributed by atoms with Crippen molar-refractivity contribution in [1.82, 2.24) is 20.2 Å². The molecule has 13 rings (SSSR count). The SMILES string of the molecule is CCc1c2cc[nH]c2cn1-c1c2c(cc3c(=O)cc(C)oc13)C[C@H]1OO[C@@H]([C@@](O)(Cc3ccc(O)c4ccc(O)cc34)[C@@H](O)[C@H](O)[C@H](O)CO)C#CC[C@@H]3CCN[C@@H]4[C@H]3C[C@@H]3C[C@H]4[C@]1(C[C@@H]3[C@H]1CNC(=O)C13CCCCC3)O2. The fraction of sp³-hybridized carbons (Fsp3) is 0.541. The van der Waals surface area contributed by atoms with Crippen LogP contribution in [0.5, 0.6) is 17.2 Å². The van der Waals surface area contributed by atoms with Crippen LogP contribution in [0.25, 0.3) is 38.3 Å². The minimum Gasteiger partial charge on any atom is -0.508 e. The van der Waals surface area contributed by atoms with Gasteiger partial charge in [0.25, 0.3) is 0 Å². The normalized spacial score (nSPS) is 31.2. The minimum atomic E-state index is -2.62. The van der Waals surface area contributed by atoms with Crippen molar-refractivity contribution in [2.24, 2.45) is 40.9 Å². The van der Waals surface area contributed by atoms with Gasteiger partial charge in [0.2, 0.25) is 5.91 Å². The number of phenolic OH excluding ortho intramolecular Hbond substituents is 2. The molecule has 3 aromatic carbocycles. The Balaban J connectivity index is 1.03. The number of aliphatic hydroxyl groups excluding tert-OH is 4. The van der Waals surface area contributed by atoms with Gasteiger partial charge >= 0.3 is 0 Å². The number of H-pyrrole nitrogens is 1. The number of aromatic amines is 1. The van der Waals surface area contributed by atoms with Gasteiger partial charge in [0.15, 0.2) is 22.9 Å². The fourth-order valence-corrected chi connectivity index (χ4v) is 16.4. The number of nitrogens with one attached hydrogen (secondary N) is 3. The number of aryl methyl sites for hydroxylation is 2. The maximum absolute atomic E-state index is 14.4. The maximum Gasteiger partial charge on any atom is 0.226 e. The Bertz CT molecular complexity index is 3460. The van der Waals surface area contributed by atoms with Crippen LogP contribution in [0.4, 0.5) is 0 Å². The number of benzene rings is 3. The molecule has 5 bridgehead atoms. The number of hydrogen-bond acceptors (Lipinski definition) is 14. The highest BCUT2D eigenvalue weighted by Crippen LogP contribution is 2.63. The lowest BCUT2D eigenvalue weighted by Crippen LogP contribution is -2.71. The third-order valence-electron chi connectivity index (χ3n) is 20.1. The van der Waals surface area contributed by atoms with Gasteiger partial charge < -0.3 is 65.1 Å². The summed E-state index contributed by atoms with van der Waals surface area (Å²) < 4.78 is 16.9. The molecular formula is C61H70N4O13. The molecule has 6 aromatic rings. The van der Waals surface area contributed by atoms with Crippen molar-refractivity contribution in [2.75, 3.05) is 19.7 Å². The number of hydrogen-bond donors (Lipinski definition) is 10. The van der Waals surface area contributed by atoms with Crippen molar-refractivity contribution < 1.29 is 59.5 Å². The first-order valence-electron chi connectivity index (χ1n) is 28.3. The van der Waals surface area contributed by atoms with E-state index in [1.54, 1.807) is 6.92 Å². The number of aromatic nitrogens is 2. The first kappa shape index (κ1) is 51.5. The zero-order chi connectivity index (χ0) is 54.0. The number of rotatable bonds is 10. The number of aliphatic hydroxyl groups is 5. The second-order valence-corrected chi connectivity index (χ2v) is 24.0. The molecule has 412 valence electrons. The summed E-state index contributed by atoms with van der Waals surface area (Å²) >= 11 is 0. The van der Waals surface area contributed by atoms with E-state index >= 15 is 0 Å². The maximum atomic E-state index is 14.4. The Morgan fingerprint density at radius 2 is 1.76 bits per heavy atom. The monoisotopic (exact) mass is 1070 g/mol. The molecule has 2 saturated heterocycles. The molecule has 3 aliphatic carbocycles. The molecule has 78 heavy (non-hydrogen) atoms. The van der Waals surface area contributed by atoms with E-state index in [0.717, 1.165) is 68.0 Å². The molecule has 7 aliphatic rings. The van der Waals surface area contributed by atoms with Gasteiger partial charge in [-0.2, -0.15) is 0 Å². The Morgan fingerprint density at radius 3 is 2.56 bits per heavy atom. The van der Waals surface area contributed by atoms with Crippen molar-refractivity contribution >= 4 is 38.6 Å². The van der Waals surface area contributed by atoms with Crippen LogP contribution in [0, 0.1) is 59.7 Å². The zero-order valence-corrected chi connectivity index (χ0v) is 44.0. The molecule has 0 unspecified atom stereocenters. The Labute approximate surface area is 450 Å². The molecule has 0 radical (unpaired) electrons. The minimum absolute atomic E-state index is 0.000317. The van der Waals surface area contributed by atoms with Crippen molar-refractivity contribution in [3.8, 4) is 34.8 Å². The zero-order valence-electron chi connectivity index (χ0n) is 44.0. The summed E-state index contributed by atoms with van der Waals surface area (Å²) in [5, 5.41) is 89.4. The standard InChI is InChI=1S/C61H70N4O13/c1-3-46-38-15-19-62-45(38)29-65(46)53-55-35(22-41-48(69)20-31(2)75-56(41)53)24-51-61(76-55)27-42(44-28-64-58(73)59(44)16-5-4-6-17-59)34-21-40-32(14-18-63-52(40)43(61)23-34)8-7-9-50(77-78-51)60(74,57(72)54(71)49(70)30-66)26-33-10-13-47(68)37-12-11-36(67)25-39(33)37/h10-13,15,19-20,22,25,29,32,34,40,42-44,49-52,54,57,62-63,66-68,70-72,74H,3-6,8,14,16-18,21,23-24,26-28,30H2,1-2H3,(H,64,73)/t32-,34-,40+,42+,43-,44-,49-,50-,51-,52-,54-,57+,60+,61+/m1/s1. The first-order valence-corrected chi connectivity index (χ1v) is 28.3. The van der Waals surface area contributed by atoms with Crippen LogP contribution in [-0.2, 0) is 33.8 Å². The van der Waals surface area contributed by atoms with E-state index in [1.165, 1.54) is 36.4 Å². The topological polar surface area (TPSA) is 261 Å². The molecule has 3 saturated carbocycles. The summed E-state index contributed by atoms with van der Waals surface area (Å²) in [6.45, 7) is 4.18. The Hall–Kier alpha value is -5.94. The predicted molar refractivity (Wildman–Crippen MR) is 288 cm³/mol. The molecule has 5 fully saturated rings. The van der Waals surface area contributed by atoms with Crippen molar-refractivity contribution in [3.05, 3.63) is 93.7 Å². The van der Waals surface area contributed by atoms with Gasteiger partial charge in [-0.1, -0.05) is 38.2 Å². The molecule has 14 atom stereocenters. The third-order valence-corrected chi connectivity index (χ3v) is 20.1. The van der Waals surface area contributed by atoms with Crippen molar-refractivity contribution in [3.63, 3.8) is 0 Å². The number of phenols is 2. The van der Waals surface area contributed by atoms with Crippen LogP contribution in [0.15, 0.2) is 70.1 Å². The summed E-state index contributed by atoms with van der Waals surface area (Å²) in [6.07, 6.45) is 3.23. The van der Waals surface area contributed by atoms with Gasteiger partial charge in [0, 0.05) is 78.3 Å². The summed E-state index contributed by atoms with van der Waals surface area (Å²) in [5.41, 5.74) is -0.763. The second-order valence-electron chi connectivity index (χ2n) is 24.0. The summed E-state index contributed by atoms with van der Waals surface area (Å²) in [6, 6.07) is 12.6.